The van der Waals surface area contributed by atoms with E-state index < -0.39 is 45.7 Å². The summed E-state index contributed by atoms with van der Waals surface area (Å²) in [6, 6.07) is 11.2. The second-order valence-corrected chi connectivity index (χ2v) is 11.0. The summed E-state index contributed by atoms with van der Waals surface area (Å²) in [5.74, 6) is 0. The summed E-state index contributed by atoms with van der Waals surface area (Å²) >= 11 is 0. The lowest BCUT2D eigenvalue weighted by Gasteiger charge is -2.29. The summed E-state index contributed by atoms with van der Waals surface area (Å²) in [7, 11) is -3.78. The molecule has 1 amide bonds. The van der Waals surface area contributed by atoms with E-state index in [-0.39, 0.29) is 6.42 Å². The van der Waals surface area contributed by atoms with Gasteiger partial charge in [-0.25, -0.2) is 4.79 Å². The van der Waals surface area contributed by atoms with Gasteiger partial charge in [0.25, 0.3) is 10.1 Å². The van der Waals surface area contributed by atoms with Crippen molar-refractivity contribution in [2.45, 2.75) is 70.9 Å². The number of hydrogen-bond acceptors (Lipinski definition) is 5. The lowest BCUT2D eigenvalue weighted by atomic mass is 9.96. The highest BCUT2D eigenvalue weighted by molar-refractivity contribution is 7.86. The molecule has 0 aliphatic carbocycles. The average Bonchev–Trinajstić information content (AvgIpc) is 2.71. The number of alkyl halides is 3. The Morgan fingerprint density at radius 2 is 1.49 bits per heavy atom. The molecule has 6 nitrogen and oxygen atoms in total. The molecule has 0 radical (unpaired) electrons. The third kappa shape index (κ3) is 9.89. The molecule has 0 spiro atoms. The number of halogens is 3. The maximum Gasteiger partial charge on any atom is 0.416 e. The van der Waals surface area contributed by atoms with Gasteiger partial charge in [0.05, 0.1) is 24.0 Å². The van der Waals surface area contributed by atoms with Crippen LogP contribution in [0.3, 0.4) is 0 Å². The van der Waals surface area contributed by atoms with E-state index in [1.807, 2.05) is 6.92 Å². The van der Waals surface area contributed by atoms with E-state index in [4.69, 9.17) is 8.92 Å². The van der Waals surface area contributed by atoms with Crippen LogP contribution in [0.2, 0.25) is 0 Å². The van der Waals surface area contributed by atoms with E-state index in [9.17, 15) is 26.4 Å². The number of hydrogen-bond donors (Lipinski definition) is 1. The van der Waals surface area contributed by atoms with Gasteiger partial charge in [0.2, 0.25) is 0 Å². The molecule has 2 aromatic rings. The highest BCUT2D eigenvalue weighted by atomic mass is 32.2. The van der Waals surface area contributed by atoms with Crippen molar-refractivity contribution in [3.63, 3.8) is 0 Å². The van der Waals surface area contributed by atoms with Gasteiger partial charge in [-0.05, 0) is 62.4 Å². The number of carbonyl (C=O) groups excluding carboxylic acids is 1. The minimum Gasteiger partial charge on any atom is -0.444 e. The Bertz CT molecular complexity index is 1080. The first kappa shape index (κ1) is 28.6. The van der Waals surface area contributed by atoms with Gasteiger partial charge in [-0.1, -0.05) is 49.7 Å². The van der Waals surface area contributed by atoms with Crippen LogP contribution in [0.5, 0.6) is 0 Å². The summed E-state index contributed by atoms with van der Waals surface area (Å²) in [6.07, 6.45) is -3.68. The molecule has 194 valence electrons. The predicted octanol–water partition coefficient (Wildman–Crippen LogP) is 5.95. The molecule has 0 saturated carbocycles. The van der Waals surface area contributed by atoms with Gasteiger partial charge in [0.1, 0.15) is 5.60 Å². The largest absolute Gasteiger partial charge is 0.444 e. The smallest absolute Gasteiger partial charge is 0.416 e. The minimum atomic E-state index is -4.40. The van der Waals surface area contributed by atoms with Crippen molar-refractivity contribution < 1.29 is 35.3 Å². The first-order valence-corrected chi connectivity index (χ1v) is 13.0. The minimum absolute atomic E-state index is 0.257. The molecule has 10 heteroatoms. The zero-order chi connectivity index (χ0) is 26.4. The molecule has 2 atom stereocenters. The molecule has 2 aromatic carbocycles. The standard InChI is InChI=1S/C25H32F3NO5S/c1-6-7-22(34-35(5,31)32)21(29-23(30)33-24(2,3)4)16-17-8-10-18(11-9-17)19-12-14-20(15-13-19)25(26,27)28/h8-15,21-22H,6-7,16H2,1-5H3,(H,29,30). The first-order valence-electron chi connectivity index (χ1n) is 11.2. The number of benzene rings is 2. The second kappa shape index (κ2) is 11.4. The predicted molar refractivity (Wildman–Crippen MR) is 128 cm³/mol. The van der Waals surface area contributed by atoms with E-state index in [1.165, 1.54) is 12.1 Å². The molecule has 1 N–H and O–H groups in total. The molecule has 0 heterocycles. The molecule has 35 heavy (non-hydrogen) atoms. The van der Waals surface area contributed by atoms with Crippen LogP contribution in [-0.4, -0.2) is 38.5 Å². The van der Waals surface area contributed by atoms with E-state index in [0.29, 0.717) is 18.4 Å². The van der Waals surface area contributed by atoms with Gasteiger partial charge < -0.3 is 10.1 Å². The van der Waals surface area contributed by atoms with Gasteiger partial charge in [-0.3, -0.25) is 4.18 Å². The Kier molecular flexibility index (Phi) is 9.36. The number of amides is 1. The number of nitrogens with one attached hydrogen (secondary N) is 1. The van der Waals surface area contributed by atoms with E-state index in [1.54, 1.807) is 45.0 Å². The lowest BCUT2D eigenvalue weighted by Crippen LogP contribution is -2.48. The number of rotatable bonds is 9. The summed E-state index contributed by atoms with van der Waals surface area (Å²) in [4.78, 5) is 12.5. The average molecular weight is 516 g/mol. The maximum absolute atomic E-state index is 12.8. The van der Waals surface area contributed by atoms with Gasteiger partial charge in [0, 0.05) is 0 Å². The van der Waals surface area contributed by atoms with E-state index in [2.05, 4.69) is 5.32 Å². The van der Waals surface area contributed by atoms with Crippen molar-refractivity contribution in [2.24, 2.45) is 0 Å². The lowest BCUT2D eigenvalue weighted by molar-refractivity contribution is -0.137. The highest BCUT2D eigenvalue weighted by Gasteiger charge is 2.30. The van der Waals surface area contributed by atoms with Crippen molar-refractivity contribution in [1.82, 2.24) is 5.32 Å². The van der Waals surface area contributed by atoms with Gasteiger partial charge >= 0.3 is 12.3 Å². The molecule has 0 bridgehead atoms. The third-order valence-corrected chi connectivity index (χ3v) is 5.57. The molecule has 0 fully saturated rings. The van der Waals surface area contributed by atoms with Crippen LogP contribution in [0, 0.1) is 0 Å². The highest BCUT2D eigenvalue weighted by Crippen LogP contribution is 2.31. The van der Waals surface area contributed by atoms with Crippen LogP contribution in [-0.2, 0) is 31.6 Å². The van der Waals surface area contributed by atoms with Crippen molar-refractivity contribution in [1.29, 1.82) is 0 Å². The maximum atomic E-state index is 12.8. The molecule has 0 saturated heterocycles. The zero-order valence-corrected chi connectivity index (χ0v) is 21.3. The Morgan fingerprint density at radius 1 is 0.971 bits per heavy atom. The van der Waals surface area contributed by atoms with E-state index >= 15 is 0 Å². The number of alkyl carbamates (subject to hydrolysis) is 1. The van der Waals surface area contributed by atoms with Gasteiger partial charge in [0.15, 0.2) is 0 Å². The number of ether oxygens (including phenoxy) is 1. The quantitative estimate of drug-likeness (QED) is 0.417. The van der Waals surface area contributed by atoms with Crippen LogP contribution in [0.1, 0.15) is 51.7 Å². The molecule has 0 aliphatic rings. The summed E-state index contributed by atoms with van der Waals surface area (Å²) in [5.41, 5.74) is 0.658. The SMILES string of the molecule is CCCC(OS(C)(=O)=O)C(Cc1ccc(-c2ccc(C(F)(F)F)cc2)cc1)NC(=O)OC(C)(C)C. The summed E-state index contributed by atoms with van der Waals surface area (Å²) < 4.78 is 72.7. The number of carbonyl (C=O) groups is 1. The second-order valence-electron chi connectivity index (χ2n) is 9.36. The Labute approximate surface area is 205 Å². The normalized spacial score (nSPS) is 14.3. The molecule has 2 rings (SSSR count). The Balaban J connectivity index is 2.26. The van der Waals surface area contributed by atoms with Crippen molar-refractivity contribution in [3.8, 4) is 11.1 Å². The summed E-state index contributed by atoms with van der Waals surface area (Å²) in [6.45, 7) is 7.04. The van der Waals surface area contributed by atoms with Crippen molar-refractivity contribution >= 4 is 16.2 Å². The van der Waals surface area contributed by atoms with Gasteiger partial charge in [-0.15, -0.1) is 0 Å². The Hall–Kier alpha value is -2.59. The molecular weight excluding hydrogens is 483 g/mol. The molecule has 0 aromatic heterocycles. The van der Waals surface area contributed by atoms with Crippen molar-refractivity contribution in [2.75, 3.05) is 6.26 Å². The topological polar surface area (TPSA) is 81.7 Å². The summed E-state index contributed by atoms with van der Waals surface area (Å²) in [5, 5.41) is 2.74. The van der Waals surface area contributed by atoms with Crippen LogP contribution < -0.4 is 5.32 Å². The molecular formula is C25H32F3NO5S. The first-order chi connectivity index (χ1) is 16.1. The fourth-order valence-electron chi connectivity index (χ4n) is 3.50. The Morgan fingerprint density at radius 3 is 1.91 bits per heavy atom. The molecule has 2 unspecified atom stereocenters. The van der Waals surface area contributed by atoms with Crippen LogP contribution in [0.4, 0.5) is 18.0 Å². The fourth-order valence-corrected chi connectivity index (χ4v) is 4.18. The van der Waals surface area contributed by atoms with Gasteiger partial charge in [-0.2, -0.15) is 21.6 Å². The fraction of sp³-hybridized carbons (Fsp3) is 0.480. The molecule has 0 aliphatic heterocycles. The van der Waals surface area contributed by atoms with Crippen LogP contribution in [0.25, 0.3) is 11.1 Å². The van der Waals surface area contributed by atoms with Crippen LogP contribution >= 0.6 is 0 Å². The zero-order valence-electron chi connectivity index (χ0n) is 20.5. The monoisotopic (exact) mass is 515 g/mol. The van der Waals surface area contributed by atoms with E-state index in [0.717, 1.165) is 29.5 Å². The van der Waals surface area contributed by atoms with Crippen molar-refractivity contribution in [3.05, 3.63) is 59.7 Å². The third-order valence-electron chi connectivity index (χ3n) is 4.98. The van der Waals surface area contributed by atoms with Crippen LogP contribution in [0.15, 0.2) is 48.5 Å².